The van der Waals surface area contributed by atoms with Crippen LogP contribution in [0.3, 0.4) is 0 Å². The molecule has 1 saturated heterocycles. The van der Waals surface area contributed by atoms with E-state index < -0.39 is 12.3 Å². The van der Waals surface area contributed by atoms with Crippen molar-refractivity contribution >= 4 is 12.1 Å². The van der Waals surface area contributed by atoms with Crippen molar-refractivity contribution in [1.82, 2.24) is 4.90 Å². The first-order chi connectivity index (χ1) is 7.13. The van der Waals surface area contributed by atoms with Crippen LogP contribution in [0, 0.1) is 0 Å². The predicted molar refractivity (Wildman–Crippen MR) is 53.1 cm³/mol. The zero-order chi connectivity index (χ0) is 11.3. The maximum atomic E-state index is 11.4. The molecule has 86 valence electrons. The largest absolute Gasteiger partial charge is 0.425 e. The van der Waals surface area contributed by atoms with Crippen LogP contribution in [0.1, 0.15) is 33.1 Å². The Hall–Kier alpha value is -1.26. The number of carbonyl (C=O) groups is 2. The number of carbonyl (C=O) groups excluding carboxylic acids is 2. The van der Waals surface area contributed by atoms with Crippen LogP contribution >= 0.6 is 0 Å². The van der Waals surface area contributed by atoms with Gasteiger partial charge in [0.25, 0.3) is 6.29 Å². The number of unbranched alkanes of at least 4 members (excludes halogenated alkanes) is 1. The second kappa shape index (κ2) is 5.58. The molecular weight excluding hydrogens is 198 g/mol. The maximum absolute atomic E-state index is 11.4. The molecule has 1 fully saturated rings. The molecule has 5 heteroatoms. The van der Waals surface area contributed by atoms with Crippen molar-refractivity contribution in [3.63, 3.8) is 0 Å². The Bertz CT molecular complexity index is 242. The average molecular weight is 215 g/mol. The van der Waals surface area contributed by atoms with Crippen LogP contribution < -0.4 is 0 Å². The van der Waals surface area contributed by atoms with E-state index in [2.05, 4.69) is 6.92 Å². The average Bonchev–Trinajstić information content (AvgIpc) is 2.15. The van der Waals surface area contributed by atoms with Gasteiger partial charge in [0.2, 0.25) is 0 Å². The highest BCUT2D eigenvalue weighted by Crippen LogP contribution is 2.13. The van der Waals surface area contributed by atoms with Crippen LogP contribution in [-0.4, -0.2) is 36.3 Å². The molecule has 15 heavy (non-hydrogen) atoms. The number of esters is 1. The molecule has 1 aliphatic rings. The summed E-state index contributed by atoms with van der Waals surface area (Å²) in [5.41, 5.74) is 0. The number of hydrogen-bond acceptors (Lipinski definition) is 4. The fourth-order valence-electron chi connectivity index (χ4n) is 1.42. The topological polar surface area (TPSA) is 55.8 Å². The van der Waals surface area contributed by atoms with Crippen molar-refractivity contribution in [2.45, 2.75) is 39.4 Å². The standard InChI is InChI=1S/C10H17NO4/c1-3-4-6-11-7-5-9(14-8(2)12)15-10(11)13/h9H,3-7H2,1-2H3. The normalized spacial score (nSPS) is 21.1. The van der Waals surface area contributed by atoms with Gasteiger partial charge in [0.15, 0.2) is 0 Å². The summed E-state index contributed by atoms with van der Waals surface area (Å²) in [6.45, 7) is 4.67. The summed E-state index contributed by atoms with van der Waals surface area (Å²) in [6, 6.07) is 0. The molecule has 1 amide bonds. The Kier molecular flexibility index (Phi) is 4.39. The van der Waals surface area contributed by atoms with E-state index in [1.54, 1.807) is 4.90 Å². The highest BCUT2D eigenvalue weighted by Gasteiger charge is 2.28. The summed E-state index contributed by atoms with van der Waals surface area (Å²) >= 11 is 0. The van der Waals surface area contributed by atoms with Crippen LogP contribution in [0.15, 0.2) is 0 Å². The lowest BCUT2D eigenvalue weighted by Gasteiger charge is -2.30. The smallest absolute Gasteiger partial charge is 0.412 e. The Labute approximate surface area is 89.3 Å². The lowest BCUT2D eigenvalue weighted by Crippen LogP contribution is -2.43. The van der Waals surface area contributed by atoms with Gasteiger partial charge in [-0.15, -0.1) is 0 Å². The molecule has 0 aromatic rings. The molecule has 0 saturated carbocycles. The maximum Gasteiger partial charge on any atom is 0.412 e. The van der Waals surface area contributed by atoms with Crippen molar-refractivity contribution in [1.29, 1.82) is 0 Å². The van der Waals surface area contributed by atoms with E-state index in [-0.39, 0.29) is 6.09 Å². The highest BCUT2D eigenvalue weighted by atomic mass is 16.7. The molecule has 1 unspecified atom stereocenters. The Morgan fingerprint density at radius 3 is 2.93 bits per heavy atom. The minimum absolute atomic E-state index is 0.388. The molecule has 0 aromatic heterocycles. The molecule has 0 spiro atoms. The van der Waals surface area contributed by atoms with Gasteiger partial charge < -0.3 is 14.4 Å². The molecule has 0 radical (unpaired) electrons. The summed E-state index contributed by atoms with van der Waals surface area (Å²) in [4.78, 5) is 23.7. The number of amides is 1. The molecule has 1 aliphatic heterocycles. The number of nitrogens with zero attached hydrogens (tertiary/aromatic N) is 1. The van der Waals surface area contributed by atoms with Gasteiger partial charge >= 0.3 is 12.1 Å². The first kappa shape index (κ1) is 11.8. The Balaban J connectivity index is 2.34. The molecular formula is C10H17NO4. The molecule has 0 aromatic carbocycles. The van der Waals surface area contributed by atoms with Crippen LogP contribution in [0.5, 0.6) is 0 Å². The van der Waals surface area contributed by atoms with E-state index in [1.807, 2.05) is 0 Å². The van der Waals surface area contributed by atoms with E-state index >= 15 is 0 Å². The van der Waals surface area contributed by atoms with Crippen LogP contribution in [0.25, 0.3) is 0 Å². The second-order valence-electron chi connectivity index (χ2n) is 3.55. The quantitative estimate of drug-likeness (QED) is 0.667. The lowest BCUT2D eigenvalue weighted by atomic mass is 10.3. The zero-order valence-corrected chi connectivity index (χ0v) is 9.19. The van der Waals surface area contributed by atoms with Crippen molar-refractivity contribution in [3.8, 4) is 0 Å². The highest BCUT2D eigenvalue weighted by molar-refractivity contribution is 5.69. The van der Waals surface area contributed by atoms with Gasteiger partial charge in [-0.3, -0.25) is 4.79 Å². The summed E-state index contributed by atoms with van der Waals surface area (Å²) in [7, 11) is 0. The van der Waals surface area contributed by atoms with Gasteiger partial charge in [-0.1, -0.05) is 13.3 Å². The minimum atomic E-state index is -0.701. The van der Waals surface area contributed by atoms with Gasteiger partial charge in [-0.05, 0) is 6.42 Å². The van der Waals surface area contributed by atoms with Crippen LogP contribution in [0.4, 0.5) is 4.79 Å². The molecule has 1 rings (SSSR count). The van der Waals surface area contributed by atoms with Crippen molar-refractivity contribution in [2.75, 3.05) is 13.1 Å². The molecule has 5 nitrogen and oxygen atoms in total. The monoisotopic (exact) mass is 215 g/mol. The van der Waals surface area contributed by atoms with E-state index in [0.717, 1.165) is 12.8 Å². The second-order valence-corrected chi connectivity index (χ2v) is 3.55. The third kappa shape index (κ3) is 3.77. The van der Waals surface area contributed by atoms with Crippen molar-refractivity contribution < 1.29 is 19.1 Å². The number of rotatable bonds is 4. The first-order valence-corrected chi connectivity index (χ1v) is 5.26. The van der Waals surface area contributed by atoms with E-state index in [9.17, 15) is 9.59 Å². The van der Waals surface area contributed by atoms with Crippen molar-refractivity contribution in [3.05, 3.63) is 0 Å². The third-order valence-electron chi connectivity index (χ3n) is 2.20. The number of ether oxygens (including phenoxy) is 2. The predicted octanol–water partition coefficient (Wildman–Crippen LogP) is 1.52. The van der Waals surface area contributed by atoms with E-state index in [1.165, 1.54) is 6.92 Å². The van der Waals surface area contributed by atoms with Gasteiger partial charge in [-0.2, -0.15) is 0 Å². The molecule has 0 bridgehead atoms. The summed E-state index contributed by atoms with van der Waals surface area (Å²) in [5.74, 6) is -0.421. The van der Waals surface area contributed by atoms with Gasteiger partial charge in [0.05, 0.1) is 0 Å². The zero-order valence-electron chi connectivity index (χ0n) is 9.19. The Morgan fingerprint density at radius 1 is 1.67 bits per heavy atom. The molecule has 1 heterocycles. The Morgan fingerprint density at radius 2 is 2.40 bits per heavy atom. The summed E-state index contributed by atoms with van der Waals surface area (Å²) in [6.07, 6.45) is 1.47. The van der Waals surface area contributed by atoms with Crippen molar-refractivity contribution in [2.24, 2.45) is 0 Å². The molecule has 0 N–H and O–H groups in total. The summed E-state index contributed by atoms with van der Waals surface area (Å²) < 4.78 is 9.76. The number of cyclic esters (lactones) is 1. The van der Waals surface area contributed by atoms with Gasteiger partial charge in [0.1, 0.15) is 0 Å². The molecule has 1 atom stereocenters. The van der Waals surface area contributed by atoms with Gasteiger partial charge in [0, 0.05) is 26.4 Å². The first-order valence-electron chi connectivity index (χ1n) is 5.26. The third-order valence-corrected chi connectivity index (χ3v) is 2.20. The summed E-state index contributed by atoms with van der Waals surface area (Å²) in [5, 5.41) is 0. The van der Waals surface area contributed by atoms with Crippen LogP contribution in [0.2, 0.25) is 0 Å². The SMILES string of the molecule is CCCCN1CCC(OC(C)=O)OC1=O. The fourth-order valence-corrected chi connectivity index (χ4v) is 1.42. The fraction of sp³-hybridized carbons (Fsp3) is 0.800. The number of hydrogen-bond donors (Lipinski definition) is 0. The van der Waals surface area contributed by atoms with Gasteiger partial charge in [-0.25, -0.2) is 4.79 Å². The van der Waals surface area contributed by atoms with E-state index in [4.69, 9.17) is 9.47 Å². The van der Waals surface area contributed by atoms with E-state index in [0.29, 0.717) is 19.5 Å². The van der Waals surface area contributed by atoms with Crippen LogP contribution in [-0.2, 0) is 14.3 Å². The lowest BCUT2D eigenvalue weighted by molar-refractivity contribution is -0.172. The minimum Gasteiger partial charge on any atom is -0.425 e. The molecule has 0 aliphatic carbocycles.